The molecule has 0 unspecified atom stereocenters. The van der Waals surface area contributed by atoms with E-state index in [0.29, 0.717) is 0 Å². The van der Waals surface area contributed by atoms with Crippen LogP contribution in [-0.2, 0) is 6.42 Å². The van der Waals surface area contributed by atoms with E-state index in [9.17, 15) is 0 Å². The Morgan fingerprint density at radius 3 is 2.35 bits per heavy atom. The first-order valence-electron chi connectivity index (χ1n) is 7.78. The normalized spacial score (nSPS) is 12.0. The topological polar surface area (TPSA) is 26.0 Å². The third-order valence-corrected chi connectivity index (χ3v) is 6.57. The molecule has 112 valence electrons. The molecule has 0 aliphatic heterocycles. The fraction of sp³-hybridized carbons (Fsp3) is 0.100. The molecule has 0 amide bonds. The molecule has 3 heteroatoms. The monoisotopic (exact) mass is 333 g/mol. The fourth-order valence-corrected chi connectivity index (χ4v) is 5.38. The van der Waals surface area contributed by atoms with Crippen LogP contribution in [0.25, 0.3) is 41.7 Å². The number of nitrogen functional groups attached to an aromatic ring is 1. The van der Waals surface area contributed by atoms with E-state index in [0.717, 1.165) is 11.4 Å². The summed E-state index contributed by atoms with van der Waals surface area (Å²) in [5.41, 5.74) is 7.43. The predicted octanol–water partition coefficient (Wildman–Crippen LogP) is 6.57. The summed E-state index contributed by atoms with van der Waals surface area (Å²) in [6, 6.07) is 15.8. The molecule has 2 heterocycles. The number of hydrogen-bond acceptors (Lipinski definition) is 3. The van der Waals surface area contributed by atoms with Gasteiger partial charge in [-0.15, -0.1) is 22.7 Å². The zero-order valence-electron chi connectivity index (χ0n) is 12.7. The predicted molar refractivity (Wildman–Crippen MR) is 106 cm³/mol. The number of anilines is 1. The summed E-state index contributed by atoms with van der Waals surface area (Å²) in [4.78, 5) is 0. The Morgan fingerprint density at radius 2 is 1.57 bits per heavy atom. The molecule has 3 aromatic carbocycles. The first kappa shape index (κ1) is 13.3. The molecule has 0 spiro atoms. The van der Waals surface area contributed by atoms with Crippen LogP contribution in [0.1, 0.15) is 12.5 Å². The number of rotatable bonds is 1. The maximum atomic E-state index is 5.98. The van der Waals surface area contributed by atoms with E-state index in [1.807, 2.05) is 11.3 Å². The molecule has 0 atom stereocenters. The van der Waals surface area contributed by atoms with Crippen LogP contribution in [0.5, 0.6) is 0 Å². The summed E-state index contributed by atoms with van der Waals surface area (Å²) in [6.07, 6.45) is 1.09. The molecule has 2 aromatic heterocycles. The van der Waals surface area contributed by atoms with Gasteiger partial charge in [-0.2, -0.15) is 0 Å². The average molecular weight is 333 g/mol. The van der Waals surface area contributed by atoms with Crippen molar-refractivity contribution in [2.24, 2.45) is 0 Å². The number of hydrogen-bond donors (Lipinski definition) is 1. The third kappa shape index (κ3) is 1.90. The number of benzene rings is 3. The van der Waals surface area contributed by atoms with Crippen LogP contribution in [0.4, 0.5) is 5.00 Å². The highest BCUT2D eigenvalue weighted by atomic mass is 32.1. The van der Waals surface area contributed by atoms with Gasteiger partial charge in [0, 0.05) is 9.40 Å². The van der Waals surface area contributed by atoms with Gasteiger partial charge < -0.3 is 5.73 Å². The van der Waals surface area contributed by atoms with Gasteiger partial charge in [0.1, 0.15) is 0 Å². The summed E-state index contributed by atoms with van der Waals surface area (Å²) in [5, 5.41) is 11.1. The van der Waals surface area contributed by atoms with E-state index < -0.39 is 0 Å². The van der Waals surface area contributed by atoms with E-state index in [1.165, 1.54) is 47.3 Å². The van der Waals surface area contributed by atoms with Gasteiger partial charge in [0.2, 0.25) is 0 Å². The molecule has 0 aliphatic rings. The smallest absolute Gasteiger partial charge is 0.0868 e. The van der Waals surface area contributed by atoms with Crippen LogP contribution >= 0.6 is 22.7 Å². The zero-order valence-corrected chi connectivity index (χ0v) is 14.4. The number of thiophene rings is 2. The van der Waals surface area contributed by atoms with Crippen molar-refractivity contribution in [1.29, 1.82) is 0 Å². The Labute approximate surface area is 142 Å². The number of fused-ring (bicyclic) bond motifs is 5. The molecule has 0 aliphatic carbocycles. The second-order valence-electron chi connectivity index (χ2n) is 6.01. The van der Waals surface area contributed by atoms with Gasteiger partial charge in [0.25, 0.3) is 0 Å². The summed E-state index contributed by atoms with van der Waals surface area (Å²) in [7, 11) is 0. The lowest BCUT2D eigenvalue weighted by atomic mass is 9.99. The van der Waals surface area contributed by atoms with Crippen LogP contribution < -0.4 is 5.73 Å². The van der Waals surface area contributed by atoms with Gasteiger partial charge >= 0.3 is 0 Å². The largest absolute Gasteiger partial charge is 0.391 e. The molecule has 1 nitrogen and oxygen atoms in total. The molecule has 0 bridgehead atoms. The first-order valence-corrected chi connectivity index (χ1v) is 9.48. The van der Waals surface area contributed by atoms with Crippen molar-refractivity contribution in [2.75, 3.05) is 5.73 Å². The van der Waals surface area contributed by atoms with Crippen molar-refractivity contribution in [2.45, 2.75) is 13.3 Å². The summed E-state index contributed by atoms with van der Waals surface area (Å²) in [6.45, 7) is 2.23. The fourth-order valence-electron chi connectivity index (χ4n) is 3.46. The summed E-state index contributed by atoms with van der Waals surface area (Å²) >= 11 is 3.52. The Morgan fingerprint density at radius 1 is 0.826 bits per heavy atom. The minimum absolute atomic E-state index is 0.882. The van der Waals surface area contributed by atoms with Crippen molar-refractivity contribution < 1.29 is 0 Å². The molecule has 0 fully saturated rings. The SMILES string of the molecule is CCc1csc2cc3c(ccc4cc5cc(N)sc5cc43)cc12. The third-order valence-electron chi connectivity index (χ3n) is 4.65. The van der Waals surface area contributed by atoms with E-state index in [2.05, 4.69) is 54.8 Å². The van der Waals surface area contributed by atoms with Crippen LogP contribution in [0, 0.1) is 0 Å². The molecular formula is C20H15NS2. The molecule has 2 N–H and O–H groups in total. The zero-order chi connectivity index (χ0) is 15.6. The molecule has 23 heavy (non-hydrogen) atoms. The summed E-state index contributed by atoms with van der Waals surface area (Å²) in [5.74, 6) is 0. The lowest BCUT2D eigenvalue weighted by Gasteiger charge is -2.06. The highest BCUT2D eigenvalue weighted by Crippen LogP contribution is 2.37. The Balaban J connectivity index is 1.94. The molecule has 0 radical (unpaired) electrons. The highest BCUT2D eigenvalue weighted by molar-refractivity contribution is 7.22. The highest BCUT2D eigenvalue weighted by Gasteiger charge is 2.09. The standard InChI is InChI=1S/C20H15NS2/c1-2-11-10-22-19-9-16-13(6-17(11)19)4-3-12-5-14-7-20(21)23-18(14)8-15(12)16/h3-10H,2,21H2,1H3. The van der Waals surface area contributed by atoms with Gasteiger partial charge in [0.05, 0.1) is 5.00 Å². The van der Waals surface area contributed by atoms with Crippen LogP contribution in [0.15, 0.2) is 47.8 Å². The van der Waals surface area contributed by atoms with Crippen molar-refractivity contribution in [1.82, 2.24) is 0 Å². The van der Waals surface area contributed by atoms with Crippen molar-refractivity contribution in [3.05, 3.63) is 53.4 Å². The molecule has 5 rings (SSSR count). The Bertz CT molecular complexity index is 1210. The Kier molecular flexibility index (Phi) is 2.73. The quantitative estimate of drug-likeness (QED) is 0.345. The maximum Gasteiger partial charge on any atom is 0.0868 e. The van der Waals surface area contributed by atoms with Crippen molar-refractivity contribution >= 4 is 69.4 Å². The van der Waals surface area contributed by atoms with Crippen molar-refractivity contribution in [3.63, 3.8) is 0 Å². The molecule has 0 saturated heterocycles. The average Bonchev–Trinajstić information content (AvgIpc) is 3.11. The second-order valence-corrected chi connectivity index (χ2v) is 8.04. The van der Waals surface area contributed by atoms with E-state index >= 15 is 0 Å². The van der Waals surface area contributed by atoms with Gasteiger partial charge in [-0.1, -0.05) is 19.1 Å². The van der Waals surface area contributed by atoms with Gasteiger partial charge in [0.15, 0.2) is 0 Å². The molecule has 5 aromatic rings. The number of aryl methyl sites for hydroxylation is 1. The van der Waals surface area contributed by atoms with Crippen LogP contribution in [0.3, 0.4) is 0 Å². The second kappa shape index (κ2) is 4.70. The van der Waals surface area contributed by atoms with E-state index in [1.54, 1.807) is 11.3 Å². The molecular weight excluding hydrogens is 318 g/mol. The maximum absolute atomic E-state index is 5.98. The van der Waals surface area contributed by atoms with Gasteiger partial charge in [-0.3, -0.25) is 0 Å². The van der Waals surface area contributed by atoms with E-state index in [-0.39, 0.29) is 0 Å². The van der Waals surface area contributed by atoms with Gasteiger partial charge in [-0.25, -0.2) is 0 Å². The van der Waals surface area contributed by atoms with Gasteiger partial charge in [-0.05, 0) is 80.0 Å². The summed E-state index contributed by atoms with van der Waals surface area (Å²) < 4.78 is 2.65. The van der Waals surface area contributed by atoms with Crippen LogP contribution in [-0.4, -0.2) is 0 Å². The first-order chi connectivity index (χ1) is 11.2. The molecule has 0 saturated carbocycles. The number of nitrogens with two attached hydrogens (primary N) is 1. The lowest BCUT2D eigenvalue weighted by Crippen LogP contribution is -1.80. The minimum Gasteiger partial charge on any atom is -0.391 e. The van der Waals surface area contributed by atoms with E-state index in [4.69, 9.17) is 5.73 Å². The Hall–Kier alpha value is -2.10. The minimum atomic E-state index is 0.882. The lowest BCUT2D eigenvalue weighted by molar-refractivity contribution is 1.17. The van der Waals surface area contributed by atoms with Crippen LogP contribution in [0.2, 0.25) is 0 Å². The van der Waals surface area contributed by atoms with Crippen molar-refractivity contribution in [3.8, 4) is 0 Å².